The van der Waals surface area contributed by atoms with Crippen LogP contribution in [0.2, 0.25) is 0 Å². The minimum absolute atomic E-state index is 0.890. The van der Waals surface area contributed by atoms with E-state index >= 15 is 0 Å². The summed E-state index contributed by atoms with van der Waals surface area (Å²) < 4.78 is 6.62. The lowest BCUT2D eigenvalue weighted by Gasteiger charge is -2.28. The monoisotopic (exact) mass is 789 g/mol. The van der Waals surface area contributed by atoms with E-state index in [4.69, 9.17) is 4.42 Å². The van der Waals surface area contributed by atoms with Crippen molar-refractivity contribution in [2.45, 2.75) is 0 Å². The zero-order chi connectivity index (χ0) is 41.0. The third-order valence-electron chi connectivity index (χ3n) is 12.5. The molecule has 0 unspecified atom stereocenters. The second kappa shape index (κ2) is 14.8. The van der Waals surface area contributed by atoms with Crippen LogP contribution in [0.1, 0.15) is 0 Å². The van der Waals surface area contributed by atoms with Crippen LogP contribution < -0.4 is 4.90 Å². The van der Waals surface area contributed by atoms with Gasteiger partial charge in [0.05, 0.1) is 5.69 Å². The Morgan fingerprint density at radius 2 is 0.806 bits per heavy atom. The standard InChI is InChI=1S/C60H39NO/c1-3-18-48-41(13-1)15-10-22-51(48)45-17-9-16-44(39-45)40-29-34-46(35-30-40)61(58-27-7-5-20-54(58)56-25-12-26-57-55-21-6-8-28-59(55)62-60(56)57)47-36-31-43(32-37-47)50-23-11-24-52-49-19-4-2-14-42(49)33-38-53(50)52/h1-39H. The largest absolute Gasteiger partial charge is 0.455 e. The van der Waals surface area contributed by atoms with E-state index in [0.717, 1.165) is 55.7 Å². The van der Waals surface area contributed by atoms with Crippen molar-refractivity contribution < 1.29 is 4.42 Å². The quantitative estimate of drug-likeness (QED) is 0.150. The van der Waals surface area contributed by atoms with Crippen LogP contribution in [0.4, 0.5) is 17.1 Å². The lowest BCUT2D eigenvalue weighted by atomic mass is 9.94. The molecule has 0 aliphatic heterocycles. The third kappa shape index (κ3) is 6.04. The van der Waals surface area contributed by atoms with Crippen LogP contribution in [-0.2, 0) is 0 Å². The van der Waals surface area contributed by atoms with Crippen molar-refractivity contribution in [3.05, 3.63) is 237 Å². The van der Waals surface area contributed by atoms with Crippen LogP contribution in [0.25, 0.3) is 98.8 Å². The summed E-state index contributed by atoms with van der Waals surface area (Å²) in [5, 5.41) is 9.78. The van der Waals surface area contributed by atoms with Crippen molar-refractivity contribution in [1.82, 2.24) is 0 Å². The predicted molar refractivity (Wildman–Crippen MR) is 263 cm³/mol. The summed E-state index contributed by atoms with van der Waals surface area (Å²) in [6.45, 7) is 0. The number of para-hydroxylation sites is 3. The number of hydrogen-bond acceptors (Lipinski definition) is 2. The number of anilines is 3. The number of nitrogens with zero attached hydrogens (tertiary/aromatic N) is 1. The van der Waals surface area contributed by atoms with E-state index in [1.807, 2.05) is 6.07 Å². The van der Waals surface area contributed by atoms with Crippen molar-refractivity contribution in [3.8, 4) is 44.5 Å². The molecule has 0 bridgehead atoms. The second-order valence-corrected chi connectivity index (χ2v) is 16.0. The first kappa shape index (κ1) is 35.7. The first-order chi connectivity index (χ1) is 30.7. The Kier molecular flexibility index (Phi) is 8.53. The molecule has 12 rings (SSSR count). The van der Waals surface area contributed by atoms with Crippen LogP contribution in [0.3, 0.4) is 0 Å². The molecule has 290 valence electrons. The molecule has 2 nitrogen and oxygen atoms in total. The highest BCUT2D eigenvalue weighted by molar-refractivity contribution is 6.13. The van der Waals surface area contributed by atoms with E-state index in [1.165, 1.54) is 60.1 Å². The van der Waals surface area contributed by atoms with Crippen LogP contribution in [0, 0.1) is 0 Å². The summed E-state index contributed by atoms with van der Waals surface area (Å²) in [4.78, 5) is 2.38. The molecule has 1 aromatic heterocycles. The van der Waals surface area contributed by atoms with Crippen LogP contribution in [0.5, 0.6) is 0 Å². The number of benzene rings is 11. The summed E-state index contributed by atoms with van der Waals surface area (Å²) in [7, 11) is 0. The molecule has 12 aromatic rings. The van der Waals surface area contributed by atoms with Crippen molar-refractivity contribution in [3.63, 3.8) is 0 Å². The van der Waals surface area contributed by atoms with E-state index in [9.17, 15) is 0 Å². The maximum Gasteiger partial charge on any atom is 0.143 e. The number of fused-ring (bicyclic) bond motifs is 7. The van der Waals surface area contributed by atoms with Gasteiger partial charge < -0.3 is 9.32 Å². The minimum Gasteiger partial charge on any atom is -0.455 e. The third-order valence-corrected chi connectivity index (χ3v) is 12.5. The van der Waals surface area contributed by atoms with E-state index in [0.29, 0.717) is 0 Å². The summed E-state index contributed by atoms with van der Waals surface area (Å²) in [6.07, 6.45) is 0. The Hall–Kier alpha value is -8.20. The molecule has 0 fully saturated rings. The summed E-state index contributed by atoms with van der Waals surface area (Å²) >= 11 is 0. The van der Waals surface area contributed by atoms with Gasteiger partial charge in [-0.05, 0) is 108 Å². The Bertz CT molecular complexity index is 3630. The average molecular weight is 790 g/mol. The maximum atomic E-state index is 6.62. The molecule has 0 spiro atoms. The Labute approximate surface area is 360 Å². The van der Waals surface area contributed by atoms with Gasteiger partial charge in [-0.25, -0.2) is 0 Å². The molecule has 11 aromatic carbocycles. The highest BCUT2D eigenvalue weighted by Gasteiger charge is 2.21. The normalized spacial score (nSPS) is 11.5. The number of hydrogen-bond donors (Lipinski definition) is 0. The molecule has 0 saturated heterocycles. The number of rotatable bonds is 7. The molecule has 0 radical (unpaired) electrons. The van der Waals surface area contributed by atoms with Crippen molar-refractivity contribution >= 4 is 71.3 Å². The van der Waals surface area contributed by atoms with Gasteiger partial charge in [-0.1, -0.05) is 194 Å². The minimum atomic E-state index is 0.890. The first-order valence-corrected chi connectivity index (χ1v) is 21.2. The molecule has 0 atom stereocenters. The molecule has 0 amide bonds. The fourth-order valence-electron chi connectivity index (χ4n) is 9.51. The first-order valence-electron chi connectivity index (χ1n) is 21.2. The average Bonchev–Trinajstić information content (AvgIpc) is 3.73. The smallest absolute Gasteiger partial charge is 0.143 e. The van der Waals surface area contributed by atoms with Gasteiger partial charge in [0.25, 0.3) is 0 Å². The highest BCUT2D eigenvalue weighted by atomic mass is 16.3. The molecule has 0 saturated carbocycles. The van der Waals surface area contributed by atoms with E-state index < -0.39 is 0 Å². The molecule has 0 aliphatic rings. The molecule has 2 heteroatoms. The lowest BCUT2D eigenvalue weighted by Crippen LogP contribution is -2.11. The molecular formula is C60H39NO. The molecular weight excluding hydrogens is 751 g/mol. The zero-order valence-corrected chi connectivity index (χ0v) is 33.9. The number of furan rings is 1. The van der Waals surface area contributed by atoms with E-state index in [2.05, 4.69) is 235 Å². The van der Waals surface area contributed by atoms with Gasteiger partial charge in [0, 0.05) is 33.3 Å². The van der Waals surface area contributed by atoms with Crippen LogP contribution in [-0.4, -0.2) is 0 Å². The van der Waals surface area contributed by atoms with Gasteiger partial charge in [-0.3, -0.25) is 0 Å². The van der Waals surface area contributed by atoms with Gasteiger partial charge in [-0.15, -0.1) is 0 Å². The summed E-state index contributed by atoms with van der Waals surface area (Å²) in [5.41, 5.74) is 14.3. The SMILES string of the molecule is c1cc(-c2ccc(N(c3ccc(-c4cccc5c4ccc4ccccc45)cc3)c3ccccc3-c3cccc4c3oc3ccccc34)cc2)cc(-c2cccc3ccccc23)c1. The van der Waals surface area contributed by atoms with E-state index in [1.54, 1.807) is 0 Å². The van der Waals surface area contributed by atoms with Gasteiger partial charge in [0.15, 0.2) is 0 Å². The Morgan fingerprint density at radius 1 is 0.274 bits per heavy atom. The van der Waals surface area contributed by atoms with Gasteiger partial charge in [-0.2, -0.15) is 0 Å². The van der Waals surface area contributed by atoms with E-state index in [-0.39, 0.29) is 0 Å². The van der Waals surface area contributed by atoms with Gasteiger partial charge >= 0.3 is 0 Å². The van der Waals surface area contributed by atoms with Crippen molar-refractivity contribution in [2.24, 2.45) is 0 Å². The van der Waals surface area contributed by atoms with Crippen molar-refractivity contribution in [1.29, 1.82) is 0 Å². The molecule has 62 heavy (non-hydrogen) atoms. The summed E-state index contributed by atoms with van der Waals surface area (Å²) in [6, 6.07) is 85.4. The fourth-order valence-corrected chi connectivity index (χ4v) is 9.51. The molecule has 1 heterocycles. The highest BCUT2D eigenvalue weighted by Crippen LogP contribution is 2.45. The summed E-state index contributed by atoms with van der Waals surface area (Å²) in [5.74, 6) is 0. The molecule has 0 N–H and O–H groups in total. The fraction of sp³-hybridized carbons (Fsp3) is 0. The Morgan fingerprint density at radius 3 is 1.61 bits per heavy atom. The predicted octanol–water partition coefficient (Wildman–Crippen LogP) is 17.2. The van der Waals surface area contributed by atoms with Crippen LogP contribution >= 0.6 is 0 Å². The van der Waals surface area contributed by atoms with Crippen LogP contribution in [0.15, 0.2) is 241 Å². The Balaban J connectivity index is 0.986. The maximum absolute atomic E-state index is 6.62. The molecule has 0 aliphatic carbocycles. The van der Waals surface area contributed by atoms with Crippen molar-refractivity contribution in [2.75, 3.05) is 4.90 Å². The lowest BCUT2D eigenvalue weighted by molar-refractivity contribution is 0.670. The van der Waals surface area contributed by atoms with Gasteiger partial charge in [0.2, 0.25) is 0 Å². The second-order valence-electron chi connectivity index (χ2n) is 16.0. The topological polar surface area (TPSA) is 16.4 Å². The van der Waals surface area contributed by atoms with Gasteiger partial charge in [0.1, 0.15) is 11.2 Å². The zero-order valence-electron chi connectivity index (χ0n) is 33.9.